The van der Waals surface area contributed by atoms with Crippen molar-refractivity contribution in [2.75, 3.05) is 12.8 Å². The fraction of sp³-hybridized carbons (Fsp3) is 0.500. The van der Waals surface area contributed by atoms with Crippen LogP contribution >= 0.6 is 0 Å². The second-order valence-electron chi connectivity index (χ2n) is 6.13. The Morgan fingerprint density at radius 1 is 1.52 bits per heavy atom. The second-order valence-corrected chi connectivity index (χ2v) is 6.13. The number of amides is 1. The van der Waals surface area contributed by atoms with Gasteiger partial charge in [-0.25, -0.2) is 14.2 Å². The summed E-state index contributed by atoms with van der Waals surface area (Å²) in [6, 6.07) is -0.159. The van der Waals surface area contributed by atoms with Gasteiger partial charge in [0.25, 0.3) is 0 Å². The maximum absolute atomic E-state index is 14.1. The second kappa shape index (κ2) is 7.80. The first-order valence-electron chi connectivity index (χ1n) is 7.28. The van der Waals surface area contributed by atoms with Crippen LogP contribution in [0.3, 0.4) is 0 Å². The third kappa shape index (κ3) is 6.14. The average molecular weight is 325 g/mol. The number of rotatable bonds is 5. The number of nitrogens with two attached hydrogens (primary N) is 1. The molecule has 3 N–H and O–H groups in total. The summed E-state index contributed by atoms with van der Waals surface area (Å²) in [7, 11) is 1.33. The van der Waals surface area contributed by atoms with Gasteiger partial charge in [-0.2, -0.15) is 0 Å². The Morgan fingerprint density at radius 2 is 2.17 bits per heavy atom. The Hall–Kier alpha value is -2.31. The van der Waals surface area contributed by atoms with E-state index >= 15 is 0 Å². The first-order chi connectivity index (χ1) is 10.6. The summed E-state index contributed by atoms with van der Waals surface area (Å²) >= 11 is 0. The van der Waals surface area contributed by atoms with Crippen molar-refractivity contribution in [2.24, 2.45) is 0 Å². The summed E-state index contributed by atoms with van der Waals surface area (Å²) in [6.45, 7) is 7.21. The number of nitrogen functional groups attached to an aromatic ring is 1. The Morgan fingerprint density at radius 3 is 2.74 bits per heavy atom. The van der Waals surface area contributed by atoms with E-state index in [1.807, 2.05) is 6.92 Å². The highest BCUT2D eigenvalue weighted by Gasteiger charge is 2.17. The van der Waals surface area contributed by atoms with E-state index in [1.54, 1.807) is 32.9 Å². The summed E-state index contributed by atoms with van der Waals surface area (Å²) in [4.78, 5) is 15.5. The van der Waals surface area contributed by atoms with Gasteiger partial charge in [0.1, 0.15) is 5.60 Å². The highest BCUT2D eigenvalue weighted by Crippen LogP contribution is 2.26. The minimum Gasteiger partial charge on any atom is -0.490 e. The molecule has 0 radical (unpaired) electrons. The van der Waals surface area contributed by atoms with Crippen LogP contribution in [0.2, 0.25) is 0 Å². The Balaban J connectivity index is 2.61. The van der Waals surface area contributed by atoms with Crippen LogP contribution in [0, 0.1) is 5.82 Å². The minimum atomic E-state index is -0.566. The van der Waals surface area contributed by atoms with Gasteiger partial charge in [0.15, 0.2) is 17.4 Å². The molecule has 128 valence electrons. The van der Waals surface area contributed by atoms with Crippen LogP contribution in [0.15, 0.2) is 12.3 Å². The maximum atomic E-state index is 14.1. The van der Waals surface area contributed by atoms with E-state index in [1.165, 1.54) is 13.3 Å². The molecule has 0 spiro atoms. The van der Waals surface area contributed by atoms with E-state index in [-0.39, 0.29) is 23.2 Å². The van der Waals surface area contributed by atoms with Crippen LogP contribution in [0.25, 0.3) is 6.08 Å². The molecule has 0 fully saturated rings. The lowest BCUT2D eigenvalue weighted by molar-refractivity contribution is 0.0509. The zero-order valence-corrected chi connectivity index (χ0v) is 14.1. The monoisotopic (exact) mass is 325 g/mol. The molecule has 1 aromatic rings. The molecule has 0 saturated carbocycles. The first-order valence-corrected chi connectivity index (χ1v) is 7.28. The maximum Gasteiger partial charge on any atom is 0.407 e. The number of nitrogens with one attached hydrogen (secondary N) is 1. The van der Waals surface area contributed by atoms with E-state index < -0.39 is 17.5 Å². The van der Waals surface area contributed by atoms with Gasteiger partial charge in [-0.15, -0.1) is 0 Å². The predicted octanol–water partition coefficient (Wildman–Crippen LogP) is 3.13. The minimum absolute atomic E-state index is 0.00195. The van der Waals surface area contributed by atoms with Gasteiger partial charge < -0.3 is 20.5 Å². The van der Waals surface area contributed by atoms with Crippen LogP contribution in [0.4, 0.5) is 15.0 Å². The molecular formula is C16H24FN3O3. The van der Waals surface area contributed by atoms with Crippen LogP contribution in [-0.4, -0.2) is 29.8 Å². The van der Waals surface area contributed by atoms with Gasteiger partial charge >= 0.3 is 6.09 Å². The highest BCUT2D eigenvalue weighted by atomic mass is 19.1. The van der Waals surface area contributed by atoms with Crippen molar-refractivity contribution in [3.8, 4) is 5.75 Å². The Kier molecular flexibility index (Phi) is 6.36. The number of hydrogen-bond acceptors (Lipinski definition) is 5. The summed E-state index contributed by atoms with van der Waals surface area (Å²) in [5.74, 6) is -0.641. The number of halogens is 1. The fourth-order valence-corrected chi connectivity index (χ4v) is 1.78. The molecule has 1 heterocycles. The molecule has 0 aromatic carbocycles. The summed E-state index contributed by atoms with van der Waals surface area (Å²) < 4.78 is 24.1. The Labute approximate surface area is 135 Å². The van der Waals surface area contributed by atoms with Crippen LogP contribution in [-0.2, 0) is 4.74 Å². The summed E-state index contributed by atoms with van der Waals surface area (Å²) in [5, 5.41) is 2.70. The van der Waals surface area contributed by atoms with Gasteiger partial charge in [-0.05, 0) is 34.1 Å². The van der Waals surface area contributed by atoms with E-state index in [0.717, 1.165) is 0 Å². The predicted molar refractivity (Wildman–Crippen MR) is 87.6 cm³/mol. The van der Waals surface area contributed by atoms with Crippen molar-refractivity contribution in [2.45, 2.75) is 45.8 Å². The molecule has 0 saturated heterocycles. The van der Waals surface area contributed by atoms with Crippen LogP contribution < -0.4 is 15.8 Å². The van der Waals surface area contributed by atoms with E-state index in [9.17, 15) is 9.18 Å². The molecule has 1 atom stereocenters. The normalized spacial score (nSPS) is 13.0. The fourth-order valence-electron chi connectivity index (χ4n) is 1.78. The summed E-state index contributed by atoms with van der Waals surface area (Å²) in [5.41, 5.74) is 5.24. The topological polar surface area (TPSA) is 86.5 Å². The first kappa shape index (κ1) is 18.7. The molecule has 0 aliphatic rings. The molecule has 0 bridgehead atoms. The van der Waals surface area contributed by atoms with Crippen LogP contribution in [0.5, 0.6) is 5.75 Å². The largest absolute Gasteiger partial charge is 0.490 e. The zero-order chi connectivity index (χ0) is 17.6. The van der Waals surface area contributed by atoms with Gasteiger partial charge in [-0.1, -0.05) is 12.2 Å². The molecule has 0 aliphatic carbocycles. The average Bonchev–Trinajstić information content (AvgIpc) is 2.39. The number of alkyl carbamates (subject to hydrolysis) is 1. The SMILES string of the molecule is COc1c(N)ncc(/C=C/C[C@H](C)NC(=O)OC(C)(C)C)c1F. The van der Waals surface area contributed by atoms with E-state index in [4.69, 9.17) is 15.2 Å². The number of carbonyl (C=O) groups is 1. The van der Waals surface area contributed by atoms with Crippen molar-refractivity contribution in [3.05, 3.63) is 23.7 Å². The zero-order valence-electron chi connectivity index (χ0n) is 14.1. The van der Waals surface area contributed by atoms with E-state index in [2.05, 4.69) is 10.3 Å². The van der Waals surface area contributed by atoms with Crippen molar-refractivity contribution in [3.63, 3.8) is 0 Å². The smallest absolute Gasteiger partial charge is 0.407 e. The molecular weight excluding hydrogens is 301 g/mol. The molecule has 1 aromatic heterocycles. The highest BCUT2D eigenvalue weighted by molar-refractivity contribution is 5.68. The number of anilines is 1. The number of aromatic nitrogens is 1. The van der Waals surface area contributed by atoms with Crippen molar-refractivity contribution in [1.82, 2.24) is 10.3 Å². The van der Waals surface area contributed by atoms with Gasteiger partial charge in [0, 0.05) is 17.8 Å². The molecule has 1 rings (SSSR count). The molecule has 23 heavy (non-hydrogen) atoms. The molecule has 1 amide bonds. The Bertz CT molecular complexity index is 583. The third-order valence-electron chi connectivity index (χ3n) is 2.78. The number of nitrogens with zero attached hydrogens (tertiary/aromatic N) is 1. The van der Waals surface area contributed by atoms with Crippen molar-refractivity contribution in [1.29, 1.82) is 0 Å². The lowest BCUT2D eigenvalue weighted by Gasteiger charge is -2.21. The van der Waals surface area contributed by atoms with Crippen LogP contribution in [0.1, 0.15) is 39.7 Å². The van der Waals surface area contributed by atoms with Gasteiger partial charge in [0.2, 0.25) is 0 Å². The number of hydrogen-bond donors (Lipinski definition) is 2. The number of carbonyl (C=O) groups excluding carboxylic acids is 1. The number of pyridine rings is 1. The van der Waals surface area contributed by atoms with Gasteiger partial charge in [-0.3, -0.25) is 0 Å². The van der Waals surface area contributed by atoms with Crippen molar-refractivity contribution < 1.29 is 18.7 Å². The lowest BCUT2D eigenvalue weighted by atomic mass is 10.1. The molecule has 6 nitrogen and oxygen atoms in total. The number of ether oxygens (including phenoxy) is 2. The molecule has 0 aliphatic heterocycles. The molecule has 7 heteroatoms. The van der Waals surface area contributed by atoms with Crippen molar-refractivity contribution >= 4 is 18.0 Å². The number of methoxy groups -OCH3 is 1. The van der Waals surface area contributed by atoms with Gasteiger partial charge in [0.05, 0.1) is 7.11 Å². The quantitative estimate of drug-likeness (QED) is 0.868. The third-order valence-corrected chi connectivity index (χ3v) is 2.78. The van der Waals surface area contributed by atoms with E-state index in [0.29, 0.717) is 6.42 Å². The molecule has 0 unspecified atom stereocenters. The standard InChI is InChI=1S/C16H24FN3O3/c1-10(20-15(21)23-16(2,3)4)7-6-8-11-9-19-14(18)13(22-5)12(11)17/h6,8-10H,7H2,1-5H3,(H2,18,19)(H,20,21)/b8-6+/t10-/m0/s1. The lowest BCUT2D eigenvalue weighted by Crippen LogP contribution is -2.37. The summed E-state index contributed by atoms with van der Waals surface area (Å²) in [6.07, 6.45) is 4.65.